The fourth-order valence-corrected chi connectivity index (χ4v) is 4.10. The van der Waals surface area contributed by atoms with Crippen LogP contribution in [0.2, 0.25) is 0 Å². The Morgan fingerprint density at radius 2 is 1.74 bits per heavy atom. The molecule has 10 heteroatoms. The van der Waals surface area contributed by atoms with Crippen molar-refractivity contribution in [2.75, 3.05) is 19.1 Å². The summed E-state index contributed by atoms with van der Waals surface area (Å²) in [6, 6.07) is 15.0. The summed E-state index contributed by atoms with van der Waals surface area (Å²) < 4.78 is 12.4. The first-order chi connectivity index (χ1) is 18.3. The van der Waals surface area contributed by atoms with Gasteiger partial charge in [-0.15, -0.1) is 5.10 Å². The predicted molar refractivity (Wildman–Crippen MR) is 144 cm³/mol. The first-order valence-electron chi connectivity index (χ1n) is 12.3. The first kappa shape index (κ1) is 26.6. The van der Waals surface area contributed by atoms with Gasteiger partial charge in [0.15, 0.2) is 11.5 Å². The van der Waals surface area contributed by atoms with Gasteiger partial charge in [-0.3, -0.25) is 19.5 Å². The van der Waals surface area contributed by atoms with Crippen LogP contribution in [0.5, 0.6) is 11.5 Å². The van der Waals surface area contributed by atoms with E-state index in [1.54, 1.807) is 42.7 Å². The van der Waals surface area contributed by atoms with E-state index in [9.17, 15) is 9.59 Å². The first-order valence-corrected chi connectivity index (χ1v) is 12.3. The van der Waals surface area contributed by atoms with E-state index in [0.717, 1.165) is 0 Å². The number of aromatic nitrogens is 4. The van der Waals surface area contributed by atoms with Gasteiger partial charge in [-0.25, -0.2) is 4.68 Å². The van der Waals surface area contributed by atoms with E-state index in [1.165, 1.54) is 23.8 Å². The summed E-state index contributed by atoms with van der Waals surface area (Å²) in [6.45, 7) is 5.74. The predicted octanol–water partition coefficient (Wildman–Crippen LogP) is 3.92. The molecule has 2 heterocycles. The molecule has 4 rings (SSSR count). The Labute approximate surface area is 221 Å². The van der Waals surface area contributed by atoms with E-state index < -0.39 is 11.6 Å². The molecule has 1 atom stereocenters. The van der Waals surface area contributed by atoms with Gasteiger partial charge < -0.3 is 14.8 Å². The van der Waals surface area contributed by atoms with Crippen LogP contribution in [0, 0.1) is 0 Å². The van der Waals surface area contributed by atoms with Gasteiger partial charge in [-0.2, -0.15) is 0 Å². The quantitative estimate of drug-likeness (QED) is 0.340. The smallest absolute Gasteiger partial charge is 0.249 e. The van der Waals surface area contributed by atoms with Crippen molar-refractivity contribution >= 4 is 28.5 Å². The topological polar surface area (TPSA) is 111 Å². The standard InChI is InChI=1S/C28H32N6O4/c1-6-28(2,3)30-27(36)26(19-13-15-29-16-14-19)34(20-11-12-23(37-4)24(17-20)38-5)25(35)18-33-22-10-8-7-9-21(22)31-32-33/h7-17,26H,6,18H2,1-5H3,(H,30,36). The number of amides is 2. The number of pyridine rings is 1. The van der Waals surface area contributed by atoms with Crippen molar-refractivity contribution in [3.05, 3.63) is 72.6 Å². The average molecular weight is 517 g/mol. The van der Waals surface area contributed by atoms with Gasteiger partial charge in [-0.1, -0.05) is 24.3 Å². The van der Waals surface area contributed by atoms with Crippen LogP contribution in [0.3, 0.4) is 0 Å². The summed E-state index contributed by atoms with van der Waals surface area (Å²) in [6.07, 6.45) is 3.91. The highest BCUT2D eigenvalue weighted by Crippen LogP contribution is 2.36. The normalized spacial score (nSPS) is 12.1. The molecule has 2 aromatic carbocycles. The third-order valence-electron chi connectivity index (χ3n) is 6.49. The molecule has 1 N–H and O–H groups in total. The second kappa shape index (κ2) is 11.3. The molecule has 2 aromatic heterocycles. The zero-order chi connectivity index (χ0) is 27.3. The SMILES string of the molecule is CCC(C)(C)NC(=O)C(c1ccncc1)N(C(=O)Cn1nnc2ccccc21)c1ccc(OC)c(OC)c1. The number of hydrogen-bond donors (Lipinski definition) is 1. The van der Waals surface area contributed by atoms with Gasteiger partial charge in [0.2, 0.25) is 11.8 Å². The van der Waals surface area contributed by atoms with E-state index in [1.807, 2.05) is 45.0 Å². The van der Waals surface area contributed by atoms with E-state index >= 15 is 0 Å². The molecule has 0 aliphatic rings. The van der Waals surface area contributed by atoms with E-state index in [2.05, 4.69) is 20.6 Å². The second-order valence-electron chi connectivity index (χ2n) is 9.45. The fraction of sp³-hybridized carbons (Fsp3) is 0.321. The third-order valence-corrected chi connectivity index (χ3v) is 6.49. The van der Waals surface area contributed by atoms with Gasteiger partial charge in [0, 0.05) is 29.7 Å². The van der Waals surface area contributed by atoms with Crippen LogP contribution >= 0.6 is 0 Å². The number of carbonyl (C=O) groups excluding carboxylic acids is 2. The number of anilines is 1. The average Bonchev–Trinajstić information content (AvgIpc) is 3.33. The zero-order valence-electron chi connectivity index (χ0n) is 22.2. The Bertz CT molecular complexity index is 1420. The van der Waals surface area contributed by atoms with Crippen molar-refractivity contribution in [2.45, 2.75) is 45.3 Å². The highest BCUT2D eigenvalue weighted by molar-refractivity contribution is 6.02. The van der Waals surface area contributed by atoms with E-state index in [4.69, 9.17) is 9.47 Å². The summed E-state index contributed by atoms with van der Waals surface area (Å²) in [5.74, 6) is 0.244. The number of nitrogens with zero attached hydrogens (tertiary/aromatic N) is 5. The monoisotopic (exact) mass is 516 g/mol. The number of ether oxygens (including phenoxy) is 2. The molecule has 0 saturated carbocycles. The maximum absolute atomic E-state index is 14.1. The summed E-state index contributed by atoms with van der Waals surface area (Å²) in [5, 5.41) is 11.5. The number of hydrogen-bond acceptors (Lipinski definition) is 7. The molecule has 0 spiro atoms. The Hall–Kier alpha value is -4.47. The molecule has 10 nitrogen and oxygen atoms in total. The van der Waals surface area contributed by atoms with E-state index in [-0.39, 0.29) is 18.4 Å². The molecule has 0 aliphatic heterocycles. The maximum Gasteiger partial charge on any atom is 0.249 e. The summed E-state index contributed by atoms with van der Waals surface area (Å²) >= 11 is 0. The molecule has 0 fully saturated rings. The molecule has 0 bridgehead atoms. The number of rotatable bonds is 10. The van der Waals surface area contributed by atoms with Crippen LogP contribution in [0.4, 0.5) is 5.69 Å². The van der Waals surface area contributed by atoms with Crippen molar-refractivity contribution in [2.24, 2.45) is 0 Å². The van der Waals surface area contributed by atoms with Crippen molar-refractivity contribution in [1.29, 1.82) is 0 Å². The number of carbonyl (C=O) groups is 2. The molecule has 1 unspecified atom stereocenters. The highest BCUT2D eigenvalue weighted by atomic mass is 16.5. The third kappa shape index (κ3) is 5.59. The lowest BCUT2D eigenvalue weighted by Gasteiger charge is -2.34. The molecule has 0 saturated heterocycles. The van der Waals surface area contributed by atoms with Crippen molar-refractivity contribution in [3.63, 3.8) is 0 Å². The molecule has 38 heavy (non-hydrogen) atoms. The van der Waals surface area contributed by atoms with E-state index in [0.29, 0.717) is 40.2 Å². The molecule has 0 aliphatic carbocycles. The maximum atomic E-state index is 14.1. The Morgan fingerprint density at radius 3 is 2.42 bits per heavy atom. The minimum absolute atomic E-state index is 0.138. The molecular weight excluding hydrogens is 484 g/mol. The summed E-state index contributed by atoms with van der Waals surface area (Å²) in [5.41, 5.74) is 1.96. The summed E-state index contributed by atoms with van der Waals surface area (Å²) in [4.78, 5) is 33.6. The number of nitrogens with one attached hydrogen (secondary N) is 1. The number of methoxy groups -OCH3 is 2. The van der Waals surface area contributed by atoms with Crippen LogP contribution in [0.25, 0.3) is 11.0 Å². The molecule has 2 amide bonds. The number of fused-ring (bicyclic) bond motifs is 1. The second-order valence-corrected chi connectivity index (χ2v) is 9.45. The van der Waals surface area contributed by atoms with Gasteiger partial charge in [-0.05, 0) is 62.2 Å². The lowest BCUT2D eigenvalue weighted by molar-refractivity contribution is -0.128. The van der Waals surface area contributed by atoms with Gasteiger partial charge >= 0.3 is 0 Å². The van der Waals surface area contributed by atoms with Crippen LogP contribution in [0.15, 0.2) is 67.0 Å². The lowest BCUT2D eigenvalue weighted by atomic mass is 9.98. The fourth-order valence-electron chi connectivity index (χ4n) is 4.10. The highest BCUT2D eigenvalue weighted by Gasteiger charge is 2.35. The molecule has 0 radical (unpaired) electrons. The van der Waals surface area contributed by atoms with Crippen LogP contribution in [-0.4, -0.2) is 51.6 Å². The minimum Gasteiger partial charge on any atom is -0.493 e. The number of para-hydroxylation sites is 1. The molecular formula is C28H32N6O4. The zero-order valence-corrected chi connectivity index (χ0v) is 22.2. The van der Waals surface area contributed by atoms with Gasteiger partial charge in [0.25, 0.3) is 0 Å². The van der Waals surface area contributed by atoms with Crippen LogP contribution in [-0.2, 0) is 16.1 Å². The minimum atomic E-state index is -0.996. The van der Waals surface area contributed by atoms with Gasteiger partial charge in [0.05, 0.1) is 19.7 Å². The molecule has 198 valence electrons. The number of benzene rings is 2. The van der Waals surface area contributed by atoms with Crippen LogP contribution < -0.4 is 19.7 Å². The largest absolute Gasteiger partial charge is 0.493 e. The van der Waals surface area contributed by atoms with Crippen molar-refractivity contribution in [3.8, 4) is 11.5 Å². The Kier molecular flexibility index (Phi) is 7.90. The lowest BCUT2D eigenvalue weighted by Crippen LogP contribution is -2.51. The van der Waals surface area contributed by atoms with Crippen LogP contribution in [0.1, 0.15) is 38.8 Å². The Morgan fingerprint density at radius 1 is 1.03 bits per heavy atom. The van der Waals surface area contributed by atoms with Gasteiger partial charge in [0.1, 0.15) is 18.1 Å². The molecule has 4 aromatic rings. The Balaban J connectivity index is 1.85. The van der Waals surface area contributed by atoms with Crippen molar-refractivity contribution < 1.29 is 19.1 Å². The summed E-state index contributed by atoms with van der Waals surface area (Å²) in [7, 11) is 3.06. The van der Waals surface area contributed by atoms with Crippen molar-refractivity contribution in [1.82, 2.24) is 25.3 Å².